The number of aryl methyl sites for hydroxylation is 1. The zero-order chi connectivity index (χ0) is 22.0. The van der Waals surface area contributed by atoms with Crippen LogP contribution in [0.4, 0.5) is 5.69 Å². The lowest BCUT2D eigenvalue weighted by atomic mass is 10.2. The molecule has 0 radical (unpaired) electrons. The largest absolute Gasteiger partial charge is 0.449 e. The van der Waals surface area contributed by atoms with Gasteiger partial charge in [-0.05, 0) is 61.9 Å². The number of hydrogen-bond acceptors (Lipinski definition) is 5. The number of amides is 1. The molecule has 0 aliphatic heterocycles. The van der Waals surface area contributed by atoms with Gasteiger partial charge < -0.3 is 15.0 Å². The maximum absolute atomic E-state index is 12.6. The summed E-state index contributed by atoms with van der Waals surface area (Å²) < 4.78 is 5.35. The third-order valence-electron chi connectivity index (χ3n) is 4.76. The van der Waals surface area contributed by atoms with Gasteiger partial charge in [0.15, 0.2) is 6.10 Å². The summed E-state index contributed by atoms with van der Waals surface area (Å²) in [5, 5.41) is 3.24. The van der Waals surface area contributed by atoms with Gasteiger partial charge in [0, 0.05) is 28.7 Å². The second-order valence-corrected chi connectivity index (χ2v) is 7.49. The van der Waals surface area contributed by atoms with Crippen molar-refractivity contribution in [2.45, 2.75) is 20.0 Å². The first-order chi connectivity index (χ1) is 14.9. The van der Waals surface area contributed by atoms with E-state index in [0.717, 1.165) is 11.1 Å². The molecule has 156 valence electrons. The molecule has 8 heteroatoms. The van der Waals surface area contributed by atoms with Crippen molar-refractivity contribution >= 4 is 40.2 Å². The van der Waals surface area contributed by atoms with Crippen molar-refractivity contribution in [3.8, 4) is 11.4 Å². The zero-order valence-electron chi connectivity index (χ0n) is 16.8. The van der Waals surface area contributed by atoms with Crippen molar-refractivity contribution in [1.82, 2.24) is 15.0 Å². The molecule has 4 rings (SSSR count). The molecule has 0 spiro atoms. The Morgan fingerprint density at radius 1 is 1.16 bits per heavy atom. The highest BCUT2D eigenvalue weighted by molar-refractivity contribution is 6.31. The van der Waals surface area contributed by atoms with Crippen molar-refractivity contribution in [1.29, 1.82) is 0 Å². The summed E-state index contributed by atoms with van der Waals surface area (Å²) in [6, 6.07) is 13.9. The lowest BCUT2D eigenvalue weighted by molar-refractivity contribution is -0.123. The Hall–Kier alpha value is -3.71. The average Bonchev–Trinajstić information content (AvgIpc) is 3.20. The molecule has 0 bridgehead atoms. The van der Waals surface area contributed by atoms with Crippen LogP contribution in [-0.2, 0) is 9.53 Å². The molecule has 7 nitrogen and oxygen atoms in total. The molecule has 31 heavy (non-hydrogen) atoms. The van der Waals surface area contributed by atoms with E-state index in [1.165, 1.54) is 6.92 Å². The second-order valence-electron chi connectivity index (χ2n) is 7.06. The Labute approximate surface area is 183 Å². The van der Waals surface area contributed by atoms with Crippen LogP contribution in [-0.4, -0.2) is 32.9 Å². The van der Waals surface area contributed by atoms with Gasteiger partial charge in [0.25, 0.3) is 5.91 Å². The predicted molar refractivity (Wildman–Crippen MR) is 119 cm³/mol. The van der Waals surface area contributed by atoms with Crippen LogP contribution < -0.4 is 5.32 Å². The molecule has 0 fully saturated rings. The summed E-state index contributed by atoms with van der Waals surface area (Å²) in [7, 11) is 0. The fraction of sp³-hybridized carbons (Fsp3) is 0.130. The maximum atomic E-state index is 12.6. The second kappa shape index (κ2) is 8.57. The topological polar surface area (TPSA) is 97.0 Å². The number of ether oxygens (including phenoxy) is 1. The number of halogens is 1. The highest BCUT2D eigenvalue weighted by Gasteiger charge is 2.20. The van der Waals surface area contributed by atoms with Gasteiger partial charge in [0.2, 0.25) is 0 Å². The minimum Gasteiger partial charge on any atom is -0.449 e. The van der Waals surface area contributed by atoms with Crippen LogP contribution in [0.2, 0.25) is 5.02 Å². The van der Waals surface area contributed by atoms with Gasteiger partial charge in [0.05, 0.1) is 16.6 Å². The van der Waals surface area contributed by atoms with Crippen molar-refractivity contribution in [3.63, 3.8) is 0 Å². The highest BCUT2D eigenvalue weighted by atomic mass is 35.5. The number of rotatable bonds is 5. The van der Waals surface area contributed by atoms with Crippen molar-refractivity contribution in [2.75, 3.05) is 5.32 Å². The Bertz CT molecular complexity index is 1270. The number of aromatic amines is 1. The van der Waals surface area contributed by atoms with Crippen molar-refractivity contribution in [2.24, 2.45) is 0 Å². The first-order valence-corrected chi connectivity index (χ1v) is 9.96. The monoisotopic (exact) mass is 434 g/mol. The number of anilines is 1. The van der Waals surface area contributed by atoms with Crippen molar-refractivity contribution in [3.05, 3.63) is 77.1 Å². The van der Waals surface area contributed by atoms with Gasteiger partial charge in [-0.25, -0.2) is 9.78 Å². The summed E-state index contributed by atoms with van der Waals surface area (Å²) in [6.45, 7) is 3.37. The van der Waals surface area contributed by atoms with Gasteiger partial charge in [-0.15, -0.1) is 0 Å². The highest BCUT2D eigenvalue weighted by Crippen LogP contribution is 2.22. The molecule has 2 aromatic heterocycles. The van der Waals surface area contributed by atoms with Crippen LogP contribution in [0.15, 0.2) is 60.9 Å². The molecule has 4 aromatic rings. The van der Waals surface area contributed by atoms with E-state index in [1.54, 1.807) is 48.8 Å². The van der Waals surface area contributed by atoms with Crippen LogP contribution in [0, 0.1) is 6.92 Å². The standard InChI is InChI=1S/C23H19ClN4O3/c1-13-5-7-17(24)11-19(13)28-22(29)14(2)31-23(30)15-6-8-18-20(10-15)27-21(26-18)16-4-3-9-25-12-16/h3-12,14H,1-2H3,(H,26,27)(H,28,29). The normalized spacial score (nSPS) is 11.8. The number of aromatic nitrogens is 3. The van der Waals surface area contributed by atoms with E-state index in [1.807, 2.05) is 19.1 Å². The summed E-state index contributed by atoms with van der Waals surface area (Å²) in [4.78, 5) is 36.8. The van der Waals surface area contributed by atoms with Gasteiger partial charge in [-0.1, -0.05) is 17.7 Å². The van der Waals surface area contributed by atoms with Crippen LogP contribution in [0.25, 0.3) is 22.4 Å². The minimum absolute atomic E-state index is 0.312. The quantitative estimate of drug-likeness (QED) is 0.441. The number of nitrogens with one attached hydrogen (secondary N) is 2. The molecule has 2 aromatic carbocycles. The smallest absolute Gasteiger partial charge is 0.338 e. The molecule has 1 unspecified atom stereocenters. The van der Waals surface area contributed by atoms with E-state index < -0.39 is 18.0 Å². The van der Waals surface area contributed by atoms with Gasteiger partial charge >= 0.3 is 5.97 Å². The Balaban J connectivity index is 1.47. The fourth-order valence-corrected chi connectivity index (χ4v) is 3.19. The van der Waals surface area contributed by atoms with E-state index in [0.29, 0.717) is 33.1 Å². The molecular weight excluding hydrogens is 416 g/mol. The molecule has 1 amide bonds. The lowest BCUT2D eigenvalue weighted by Gasteiger charge is -2.15. The summed E-state index contributed by atoms with van der Waals surface area (Å²) in [5.74, 6) is -0.400. The minimum atomic E-state index is -0.991. The molecule has 2 heterocycles. The number of esters is 1. The van der Waals surface area contributed by atoms with Crippen LogP contribution in [0.1, 0.15) is 22.8 Å². The Kier molecular flexibility index (Phi) is 5.68. The lowest BCUT2D eigenvalue weighted by Crippen LogP contribution is -2.30. The molecule has 1 atom stereocenters. The van der Waals surface area contributed by atoms with E-state index in [4.69, 9.17) is 16.3 Å². The molecule has 0 aliphatic carbocycles. The average molecular weight is 435 g/mol. The Morgan fingerprint density at radius 3 is 2.77 bits per heavy atom. The molecule has 0 saturated heterocycles. The van der Waals surface area contributed by atoms with Gasteiger partial charge in [-0.2, -0.15) is 0 Å². The number of benzene rings is 2. The zero-order valence-corrected chi connectivity index (χ0v) is 17.6. The number of hydrogen-bond donors (Lipinski definition) is 2. The number of H-pyrrole nitrogens is 1. The SMILES string of the molecule is Cc1ccc(Cl)cc1NC(=O)C(C)OC(=O)c1ccc2nc(-c3cccnc3)[nH]c2c1. The number of imidazole rings is 1. The fourth-order valence-electron chi connectivity index (χ4n) is 3.02. The maximum Gasteiger partial charge on any atom is 0.338 e. The van der Waals surface area contributed by atoms with Crippen LogP contribution >= 0.6 is 11.6 Å². The Morgan fingerprint density at radius 2 is 2.00 bits per heavy atom. The van der Waals surface area contributed by atoms with Gasteiger partial charge in [-0.3, -0.25) is 9.78 Å². The third kappa shape index (κ3) is 4.57. The summed E-state index contributed by atoms with van der Waals surface area (Å²) in [5.41, 5.74) is 3.96. The number of pyridine rings is 1. The first kappa shape index (κ1) is 20.6. The van der Waals surface area contributed by atoms with Crippen LogP contribution in [0.5, 0.6) is 0 Å². The number of carbonyl (C=O) groups excluding carboxylic acids is 2. The summed E-state index contributed by atoms with van der Waals surface area (Å²) >= 11 is 5.98. The third-order valence-corrected chi connectivity index (χ3v) is 5.00. The van der Waals surface area contributed by atoms with E-state index in [9.17, 15) is 9.59 Å². The molecule has 2 N–H and O–H groups in total. The summed E-state index contributed by atoms with van der Waals surface area (Å²) in [6.07, 6.45) is 2.40. The van der Waals surface area contributed by atoms with Gasteiger partial charge in [0.1, 0.15) is 5.82 Å². The first-order valence-electron chi connectivity index (χ1n) is 9.59. The number of carbonyl (C=O) groups is 2. The number of nitrogens with zero attached hydrogens (tertiary/aromatic N) is 2. The molecular formula is C23H19ClN4O3. The van der Waals surface area contributed by atoms with E-state index >= 15 is 0 Å². The van der Waals surface area contributed by atoms with E-state index in [-0.39, 0.29) is 0 Å². The number of fused-ring (bicyclic) bond motifs is 1. The predicted octanol–water partition coefficient (Wildman–Crippen LogP) is 4.77. The van der Waals surface area contributed by atoms with Crippen LogP contribution in [0.3, 0.4) is 0 Å². The molecule has 0 aliphatic rings. The van der Waals surface area contributed by atoms with E-state index in [2.05, 4.69) is 20.3 Å². The van der Waals surface area contributed by atoms with Crippen molar-refractivity contribution < 1.29 is 14.3 Å². The molecule has 0 saturated carbocycles.